The maximum Gasteiger partial charge on any atom is 0.104 e. The second-order valence-corrected chi connectivity index (χ2v) is 5.45. The zero-order valence-electron chi connectivity index (χ0n) is 12.3. The molecule has 0 aromatic heterocycles. The van der Waals surface area contributed by atoms with Crippen LogP contribution in [0.15, 0.2) is 24.3 Å². The number of hydrogen-bond donors (Lipinski definition) is 1. The van der Waals surface area contributed by atoms with E-state index in [4.69, 9.17) is 5.11 Å². The normalized spacial score (nSPS) is 15.3. The third-order valence-corrected chi connectivity index (χ3v) is 3.69. The van der Waals surface area contributed by atoms with Crippen molar-refractivity contribution >= 4 is 0 Å². The molecule has 0 radical (unpaired) electrons. The zero-order chi connectivity index (χ0) is 14.2. The van der Waals surface area contributed by atoms with Crippen LogP contribution in [0.4, 0.5) is 0 Å². The van der Waals surface area contributed by atoms with Crippen LogP contribution in [0, 0.1) is 11.8 Å². The summed E-state index contributed by atoms with van der Waals surface area (Å²) in [5.74, 6) is 5.65. The van der Waals surface area contributed by atoms with Gasteiger partial charge >= 0.3 is 0 Å². The van der Waals surface area contributed by atoms with E-state index in [2.05, 4.69) is 40.8 Å². The van der Waals surface area contributed by atoms with Crippen LogP contribution in [-0.2, 0) is 6.54 Å². The minimum atomic E-state index is -0.0834. The average Bonchev–Trinajstić information content (AvgIpc) is 2.97. The van der Waals surface area contributed by atoms with Gasteiger partial charge in [0.25, 0.3) is 0 Å². The number of rotatable bonds is 5. The van der Waals surface area contributed by atoms with E-state index in [0.717, 1.165) is 18.7 Å². The summed E-state index contributed by atoms with van der Waals surface area (Å²) >= 11 is 0. The maximum atomic E-state index is 8.73. The van der Waals surface area contributed by atoms with Gasteiger partial charge in [0.05, 0.1) is 0 Å². The summed E-state index contributed by atoms with van der Waals surface area (Å²) in [5, 5.41) is 8.73. The monoisotopic (exact) mass is 272 g/mol. The summed E-state index contributed by atoms with van der Waals surface area (Å²) in [6, 6.07) is 8.26. The van der Waals surface area contributed by atoms with Crippen molar-refractivity contribution in [3.05, 3.63) is 35.4 Å². The molecule has 0 amide bonds. The molecule has 2 rings (SSSR count). The van der Waals surface area contributed by atoms with Crippen molar-refractivity contribution in [1.29, 1.82) is 0 Å². The minimum Gasteiger partial charge on any atom is -0.384 e. The van der Waals surface area contributed by atoms with Gasteiger partial charge in [-0.15, -0.1) is 0 Å². The minimum absolute atomic E-state index is 0.0834. The first kappa shape index (κ1) is 15.1. The van der Waals surface area contributed by atoms with E-state index in [-0.39, 0.29) is 6.61 Å². The van der Waals surface area contributed by atoms with Gasteiger partial charge in [-0.2, -0.15) is 0 Å². The second-order valence-electron chi connectivity index (χ2n) is 5.45. The van der Waals surface area contributed by atoms with Crippen LogP contribution in [0.25, 0.3) is 0 Å². The molecule has 0 bridgehead atoms. The molecule has 0 saturated carbocycles. The van der Waals surface area contributed by atoms with Crippen LogP contribution in [0.2, 0.25) is 0 Å². The lowest BCUT2D eigenvalue weighted by molar-refractivity contribution is 0.252. The lowest BCUT2D eigenvalue weighted by atomic mass is 10.1. The van der Waals surface area contributed by atoms with Crippen LogP contribution in [0.5, 0.6) is 0 Å². The summed E-state index contributed by atoms with van der Waals surface area (Å²) in [6.45, 7) is 5.66. The maximum absolute atomic E-state index is 8.73. The fourth-order valence-electron chi connectivity index (χ4n) is 2.60. The number of hydrogen-bond acceptors (Lipinski definition) is 3. The van der Waals surface area contributed by atoms with Crippen LogP contribution < -0.4 is 0 Å². The van der Waals surface area contributed by atoms with Gasteiger partial charge in [-0.3, -0.25) is 0 Å². The number of likely N-dealkylation sites (tertiary alicyclic amines) is 1. The fraction of sp³-hybridized carbons (Fsp3) is 0.529. The second kappa shape index (κ2) is 8.06. The fourth-order valence-corrected chi connectivity index (χ4v) is 2.60. The summed E-state index contributed by atoms with van der Waals surface area (Å²) in [6.07, 6.45) is 2.71. The third-order valence-electron chi connectivity index (χ3n) is 3.69. The third kappa shape index (κ3) is 4.97. The summed E-state index contributed by atoms with van der Waals surface area (Å²) in [4.78, 5) is 4.90. The number of aliphatic hydroxyl groups excluding tert-OH is 1. The van der Waals surface area contributed by atoms with Crippen LogP contribution >= 0.6 is 0 Å². The average molecular weight is 272 g/mol. The van der Waals surface area contributed by atoms with E-state index in [1.54, 1.807) is 0 Å². The van der Waals surface area contributed by atoms with Gasteiger partial charge in [0.1, 0.15) is 6.61 Å². The van der Waals surface area contributed by atoms with Gasteiger partial charge in [-0.1, -0.05) is 24.0 Å². The molecule has 0 atom stereocenters. The standard InChI is InChI=1S/C17H24N2O/c1-18(11-12-19-9-2-3-10-19)15-17-7-4-6-16(14-17)8-5-13-20/h4,6-7,14,20H,2-3,9-13,15H2,1H3. The Labute approximate surface area is 122 Å². The molecule has 1 fully saturated rings. The predicted molar refractivity (Wildman–Crippen MR) is 82.4 cm³/mol. The topological polar surface area (TPSA) is 26.7 Å². The number of likely N-dealkylation sites (N-methyl/N-ethyl adjacent to an activating group) is 1. The van der Waals surface area contributed by atoms with Crippen molar-refractivity contribution in [2.45, 2.75) is 19.4 Å². The van der Waals surface area contributed by atoms with Crippen molar-refractivity contribution < 1.29 is 5.11 Å². The largest absolute Gasteiger partial charge is 0.384 e. The van der Waals surface area contributed by atoms with Gasteiger partial charge in [0.15, 0.2) is 0 Å². The lowest BCUT2D eigenvalue weighted by Crippen LogP contribution is -2.31. The van der Waals surface area contributed by atoms with Crippen LogP contribution in [0.1, 0.15) is 24.0 Å². The number of benzene rings is 1. The number of nitrogens with zero attached hydrogens (tertiary/aromatic N) is 2. The summed E-state index contributed by atoms with van der Waals surface area (Å²) in [5.41, 5.74) is 2.25. The highest BCUT2D eigenvalue weighted by atomic mass is 16.2. The molecule has 1 aliphatic heterocycles. The van der Waals surface area contributed by atoms with Gasteiger partial charge in [-0.25, -0.2) is 0 Å². The highest BCUT2D eigenvalue weighted by molar-refractivity contribution is 5.37. The molecule has 1 aromatic rings. The molecule has 3 heteroatoms. The Morgan fingerprint density at radius 3 is 2.85 bits per heavy atom. The molecule has 3 nitrogen and oxygen atoms in total. The Bertz CT molecular complexity index is 469. The van der Waals surface area contributed by atoms with E-state index >= 15 is 0 Å². The quantitative estimate of drug-likeness (QED) is 0.824. The molecular weight excluding hydrogens is 248 g/mol. The van der Waals surface area contributed by atoms with Crippen molar-refractivity contribution in [3.63, 3.8) is 0 Å². The highest BCUT2D eigenvalue weighted by Gasteiger charge is 2.11. The molecule has 0 spiro atoms. The molecule has 0 unspecified atom stereocenters. The van der Waals surface area contributed by atoms with Crippen molar-refractivity contribution in [3.8, 4) is 11.8 Å². The van der Waals surface area contributed by atoms with E-state index in [1.807, 2.05) is 12.1 Å². The van der Waals surface area contributed by atoms with E-state index in [1.165, 1.54) is 38.0 Å². The Kier molecular flexibility index (Phi) is 6.07. The Morgan fingerprint density at radius 2 is 2.10 bits per heavy atom. The van der Waals surface area contributed by atoms with E-state index < -0.39 is 0 Å². The smallest absolute Gasteiger partial charge is 0.104 e. The highest BCUT2D eigenvalue weighted by Crippen LogP contribution is 2.09. The SMILES string of the molecule is CN(CCN1CCCC1)Cc1cccc(C#CCO)c1. The van der Waals surface area contributed by atoms with Crippen LogP contribution in [-0.4, -0.2) is 54.7 Å². The molecule has 1 saturated heterocycles. The van der Waals surface area contributed by atoms with Gasteiger partial charge in [0, 0.05) is 25.2 Å². The van der Waals surface area contributed by atoms with Crippen molar-refractivity contribution in [2.24, 2.45) is 0 Å². The lowest BCUT2D eigenvalue weighted by Gasteiger charge is -2.21. The molecule has 0 aliphatic carbocycles. The molecule has 1 N–H and O–H groups in total. The Hall–Kier alpha value is -1.34. The first-order valence-corrected chi connectivity index (χ1v) is 7.37. The molecule has 1 aliphatic rings. The van der Waals surface area contributed by atoms with E-state index in [0.29, 0.717) is 0 Å². The Morgan fingerprint density at radius 1 is 1.30 bits per heavy atom. The first-order chi connectivity index (χ1) is 9.78. The number of aliphatic hydroxyl groups is 1. The zero-order valence-corrected chi connectivity index (χ0v) is 12.3. The molecule has 108 valence electrons. The molecular formula is C17H24N2O. The van der Waals surface area contributed by atoms with Gasteiger partial charge < -0.3 is 14.9 Å². The molecule has 1 aromatic carbocycles. The predicted octanol–water partition coefficient (Wildman–Crippen LogP) is 1.56. The van der Waals surface area contributed by atoms with Gasteiger partial charge in [-0.05, 0) is 50.7 Å². The van der Waals surface area contributed by atoms with E-state index in [9.17, 15) is 0 Å². The molecule has 20 heavy (non-hydrogen) atoms. The van der Waals surface area contributed by atoms with Crippen molar-refractivity contribution in [2.75, 3.05) is 39.8 Å². The van der Waals surface area contributed by atoms with Crippen molar-refractivity contribution in [1.82, 2.24) is 9.80 Å². The summed E-state index contributed by atoms with van der Waals surface area (Å²) < 4.78 is 0. The van der Waals surface area contributed by atoms with Gasteiger partial charge in [0.2, 0.25) is 0 Å². The van der Waals surface area contributed by atoms with Crippen LogP contribution in [0.3, 0.4) is 0 Å². The molecule has 1 heterocycles. The first-order valence-electron chi connectivity index (χ1n) is 7.37. The Balaban J connectivity index is 1.82. The summed E-state index contributed by atoms with van der Waals surface area (Å²) in [7, 11) is 2.17.